The van der Waals surface area contributed by atoms with Crippen LogP contribution in [0.1, 0.15) is 41.4 Å². The second-order valence-corrected chi connectivity index (χ2v) is 8.54. The van der Waals surface area contributed by atoms with Gasteiger partial charge in [-0.1, -0.05) is 43.3 Å². The average Bonchev–Trinajstić information content (AvgIpc) is 3.66. The molecule has 1 amide bonds. The standard InChI is InChI=1S/C28H25F2N3O2/c1-2-25-23(18-32(21-15-16-21)27(34)19-9-8-10-20(29)17-19)28(35-26-14-7-6-13-24(26)30)33(31-25)22-11-4-3-5-12-22/h3-14,17,21H,2,15-16,18H2,1H3. The third-order valence-corrected chi connectivity index (χ3v) is 6.05. The lowest BCUT2D eigenvalue weighted by molar-refractivity contribution is 0.0728. The zero-order valence-electron chi connectivity index (χ0n) is 19.3. The summed E-state index contributed by atoms with van der Waals surface area (Å²) in [6, 6.07) is 21.4. The van der Waals surface area contributed by atoms with Gasteiger partial charge >= 0.3 is 0 Å². The first-order chi connectivity index (χ1) is 17.0. The van der Waals surface area contributed by atoms with Crippen LogP contribution in [0.4, 0.5) is 8.78 Å². The van der Waals surface area contributed by atoms with E-state index in [1.807, 2.05) is 37.3 Å². The summed E-state index contributed by atoms with van der Waals surface area (Å²) in [4.78, 5) is 15.2. The smallest absolute Gasteiger partial charge is 0.254 e. The number of nitrogens with zero attached hydrogens (tertiary/aromatic N) is 3. The van der Waals surface area contributed by atoms with Gasteiger partial charge in [0, 0.05) is 11.6 Å². The SMILES string of the molecule is CCc1nn(-c2ccccc2)c(Oc2ccccc2F)c1CN(C(=O)c1cccc(F)c1)C1CC1. The van der Waals surface area contributed by atoms with Crippen LogP contribution in [0, 0.1) is 11.6 Å². The van der Waals surface area contributed by atoms with Crippen LogP contribution < -0.4 is 4.74 Å². The number of aryl methyl sites for hydroxylation is 1. The molecule has 0 aliphatic heterocycles. The lowest BCUT2D eigenvalue weighted by Gasteiger charge is -2.23. The Labute approximate surface area is 202 Å². The molecule has 0 unspecified atom stereocenters. The van der Waals surface area contributed by atoms with E-state index in [2.05, 4.69) is 0 Å². The molecular weight excluding hydrogens is 448 g/mol. The number of carbonyl (C=O) groups excluding carboxylic acids is 1. The fourth-order valence-electron chi connectivity index (χ4n) is 4.11. The first kappa shape index (κ1) is 22.8. The molecule has 4 aromatic rings. The number of carbonyl (C=O) groups is 1. The lowest BCUT2D eigenvalue weighted by Crippen LogP contribution is -2.33. The topological polar surface area (TPSA) is 47.4 Å². The molecule has 0 atom stereocenters. The Hall–Kier alpha value is -4.00. The average molecular weight is 474 g/mol. The second-order valence-electron chi connectivity index (χ2n) is 8.54. The molecule has 3 aromatic carbocycles. The maximum absolute atomic E-state index is 14.6. The number of ether oxygens (including phenoxy) is 1. The normalized spacial score (nSPS) is 13.0. The third-order valence-electron chi connectivity index (χ3n) is 6.05. The van der Waals surface area contributed by atoms with Crippen molar-refractivity contribution in [3.8, 4) is 17.3 Å². The first-order valence-corrected chi connectivity index (χ1v) is 11.7. The molecule has 0 bridgehead atoms. The summed E-state index contributed by atoms with van der Waals surface area (Å²) in [6.45, 7) is 2.20. The summed E-state index contributed by atoms with van der Waals surface area (Å²) < 4.78 is 36.2. The number of aromatic nitrogens is 2. The van der Waals surface area contributed by atoms with Gasteiger partial charge in [0.1, 0.15) is 5.82 Å². The monoisotopic (exact) mass is 473 g/mol. The Morgan fingerprint density at radius 1 is 1.03 bits per heavy atom. The molecule has 178 valence electrons. The van der Waals surface area contributed by atoms with Gasteiger partial charge in [-0.25, -0.2) is 13.5 Å². The number of amides is 1. The fourth-order valence-corrected chi connectivity index (χ4v) is 4.11. The number of rotatable bonds is 8. The Balaban J connectivity index is 1.59. The molecule has 35 heavy (non-hydrogen) atoms. The van der Waals surface area contributed by atoms with E-state index < -0.39 is 11.6 Å². The summed E-state index contributed by atoms with van der Waals surface area (Å²) in [5.74, 6) is -0.773. The largest absolute Gasteiger partial charge is 0.435 e. The van der Waals surface area contributed by atoms with Gasteiger partial charge in [-0.15, -0.1) is 0 Å². The van der Waals surface area contributed by atoms with E-state index in [4.69, 9.17) is 9.84 Å². The molecule has 5 rings (SSSR count). The third kappa shape index (κ3) is 4.80. The minimum Gasteiger partial charge on any atom is -0.435 e. The number of hydrogen-bond donors (Lipinski definition) is 0. The highest BCUT2D eigenvalue weighted by molar-refractivity contribution is 5.94. The highest BCUT2D eigenvalue weighted by atomic mass is 19.1. The summed E-state index contributed by atoms with van der Waals surface area (Å²) in [6.07, 6.45) is 2.34. The second kappa shape index (κ2) is 9.70. The first-order valence-electron chi connectivity index (χ1n) is 11.7. The van der Waals surface area contributed by atoms with Crippen LogP contribution in [0.5, 0.6) is 11.6 Å². The van der Waals surface area contributed by atoms with Crippen molar-refractivity contribution in [2.45, 2.75) is 38.8 Å². The van der Waals surface area contributed by atoms with Gasteiger partial charge in [0.2, 0.25) is 5.88 Å². The predicted octanol–water partition coefficient (Wildman–Crippen LogP) is 6.31. The van der Waals surface area contributed by atoms with Crippen LogP contribution >= 0.6 is 0 Å². The van der Waals surface area contributed by atoms with Crippen LogP contribution in [0.2, 0.25) is 0 Å². The summed E-state index contributed by atoms with van der Waals surface area (Å²) in [5.41, 5.74) is 2.50. The summed E-state index contributed by atoms with van der Waals surface area (Å²) in [7, 11) is 0. The maximum atomic E-state index is 14.6. The van der Waals surface area contributed by atoms with E-state index in [-0.39, 0.29) is 24.2 Å². The van der Waals surface area contributed by atoms with Crippen molar-refractivity contribution >= 4 is 5.91 Å². The van der Waals surface area contributed by atoms with Crippen LogP contribution in [-0.4, -0.2) is 26.6 Å². The molecule has 1 saturated carbocycles. The molecule has 7 heteroatoms. The van der Waals surface area contributed by atoms with Gasteiger partial charge < -0.3 is 9.64 Å². The van der Waals surface area contributed by atoms with Crippen molar-refractivity contribution in [2.75, 3.05) is 0 Å². The highest BCUT2D eigenvalue weighted by Crippen LogP contribution is 2.36. The van der Waals surface area contributed by atoms with E-state index in [1.165, 1.54) is 24.3 Å². The predicted molar refractivity (Wildman–Crippen MR) is 129 cm³/mol. The molecule has 0 radical (unpaired) electrons. The Morgan fingerprint density at radius 2 is 1.77 bits per heavy atom. The van der Waals surface area contributed by atoms with E-state index in [0.29, 0.717) is 23.4 Å². The number of halogens is 2. The van der Waals surface area contributed by atoms with Crippen LogP contribution in [0.3, 0.4) is 0 Å². The molecule has 1 aromatic heterocycles. The Morgan fingerprint density at radius 3 is 2.46 bits per heavy atom. The van der Waals surface area contributed by atoms with E-state index in [1.54, 1.807) is 33.8 Å². The lowest BCUT2D eigenvalue weighted by atomic mass is 10.1. The molecule has 0 N–H and O–H groups in total. The van der Waals surface area contributed by atoms with Crippen molar-refractivity contribution in [1.82, 2.24) is 14.7 Å². The molecular formula is C28H25F2N3O2. The van der Waals surface area contributed by atoms with Crippen molar-refractivity contribution < 1.29 is 18.3 Å². The molecule has 1 aliphatic carbocycles. The highest BCUT2D eigenvalue weighted by Gasteiger charge is 2.35. The van der Waals surface area contributed by atoms with Crippen molar-refractivity contribution in [2.24, 2.45) is 0 Å². The molecule has 1 aliphatic rings. The number of benzene rings is 3. The minimum absolute atomic E-state index is 0.0526. The van der Waals surface area contributed by atoms with Gasteiger partial charge in [-0.3, -0.25) is 4.79 Å². The van der Waals surface area contributed by atoms with Crippen LogP contribution in [0.25, 0.3) is 5.69 Å². The molecule has 5 nitrogen and oxygen atoms in total. The Bertz CT molecular complexity index is 1350. The molecule has 0 spiro atoms. The maximum Gasteiger partial charge on any atom is 0.254 e. The van der Waals surface area contributed by atoms with Gasteiger partial charge in [-0.05, 0) is 61.7 Å². The summed E-state index contributed by atoms with van der Waals surface area (Å²) in [5, 5.41) is 4.77. The van der Waals surface area contributed by atoms with Crippen LogP contribution in [0.15, 0.2) is 78.9 Å². The zero-order valence-corrected chi connectivity index (χ0v) is 19.3. The number of para-hydroxylation sites is 2. The molecule has 1 fully saturated rings. The number of hydrogen-bond acceptors (Lipinski definition) is 3. The van der Waals surface area contributed by atoms with Gasteiger partial charge in [0.15, 0.2) is 11.6 Å². The zero-order chi connectivity index (χ0) is 24.4. The van der Waals surface area contributed by atoms with E-state index in [0.717, 1.165) is 24.2 Å². The molecule has 1 heterocycles. The van der Waals surface area contributed by atoms with Gasteiger partial charge in [-0.2, -0.15) is 5.10 Å². The molecule has 0 saturated heterocycles. The quantitative estimate of drug-likeness (QED) is 0.301. The van der Waals surface area contributed by atoms with Gasteiger partial charge in [0.05, 0.1) is 23.5 Å². The van der Waals surface area contributed by atoms with E-state index >= 15 is 0 Å². The van der Waals surface area contributed by atoms with Crippen molar-refractivity contribution in [1.29, 1.82) is 0 Å². The van der Waals surface area contributed by atoms with Crippen molar-refractivity contribution in [3.63, 3.8) is 0 Å². The van der Waals surface area contributed by atoms with Crippen LogP contribution in [-0.2, 0) is 13.0 Å². The van der Waals surface area contributed by atoms with E-state index in [9.17, 15) is 13.6 Å². The summed E-state index contributed by atoms with van der Waals surface area (Å²) >= 11 is 0. The van der Waals surface area contributed by atoms with Gasteiger partial charge in [0.25, 0.3) is 5.91 Å². The Kier molecular flexibility index (Phi) is 6.31. The minimum atomic E-state index is -0.493. The fraction of sp³-hybridized carbons (Fsp3) is 0.214. The van der Waals surface area contributed by atoms with Crippen molar-refractivity contribution in [3.05, 3.63) is 107 Å².